The van der Waals surface area contributed by atoms with Crippen molar-refractivity contribution in [3.8, 4) is 5.75 Å². The number of carbonyl (C=O) groups is 2. The molecule has 2 aromatic carbocycles. The van der Waals surface area contributed by atoms with Gasteiger partial charge in [-0.2, -0.15) is 0 Å². The predicted octanol–water partition coefficient (Wildman–Crippen LogP) is 3.08. The number of carbonyl (C=O) groups excluding carboxylic acids is 2. The Bertz CT molecular complexity index is 774. The summed E-state index contributed by atoms with van der Waals surface area (Å²) in [5, 5.41) is 2.74. The topological polar surface area (TPSA) is 58.6 Å². The van der Waals surface area contributed by atoms with Crippen LogP contribution in [0.15, 0.2) is 42.5 Å². The molecule has 0 spiro atoms. The lowest BCUT2D eigenvalue weighted by atomic mass is 10.1. The lowest BCUT2D eigenvalue weighted by molar-refractivity contribution is -0.121. The highest BCUT2D eigenvalue weighted by Crippen LogP contribution is 2.23. The lowest BCUT2D eigenvalue weighted by Crippen LogP contribution is -2.35. The van der Waals surface area contributed by atoms with Crippen molar-refractivity contribution in [2.24, 2.45) is 0 Å². The summed E-state index contributed by atoms with van der Waals surface area (Å²) in [6.07, 6.45) is 0.573. The number of anilines is 1. The fourth-order valence-corrected chi connectivity index (χ4v) is 2.61. The van der Waals surface area contributed by atoms with Gasteiger partial charge in [0.2, 0.25) is 11.8 Å². The summed E-state index contributed by atoms with van der Waals surface area (Å²) in [7, 11) is 1.59. The Hall–Kier alpha value is -2.96. The molecule has 0 aromatic heterocycles. The van der Waals surface area contributed by atoms with E-state index in [9.17, 15) is 18.4 Å². The van der Waals surface area contributed by atoms with E-state index in [4.69, 9.17) is 4.74 Å². The molecule has 2 rings (SSSR count). The monoisotopic (exact) mass is 376 g/mol. The smallest absolute Gasteiger partial charge is 0.224 e. The second-order valence-electron chi connectivity index (χ2n) is 5.94. The third-order valence-electron chi connectivity index (χ3n) is 4.04. The van der Waals surface area contributed by atoms with E-state index in [0.29, 0.717) is 13.0 Å². The molecule has 0 bridgehead atoms. The number of rotatable bonds is 8. The average molecular weight is 376 g/mol. The van der Waals surface area contributed by atoms with E-state index in [0.717, 1.165) is 28.3 Å². The van der Waals surface area contributed by atoms with E-state index in [-0.39, 0.29) is 18.9 Å². The molecule has 0 saturated heterocycles. The number of nitrogens with one attached hydrogen (secondary N) is 1. The van der Waals surface area contributed by atoms with Gasteiger partial charge in [0, 0.05) is 26.4 Å². The number of halogens is 2. The van der Waals surface area contributed by atoms with Crippen molar-refractivity contribution in [3.63, 3.8) is 0 Å². The molecule has 144 valence electrons. The Labute approximate surface area is 156 Å². The molecular weight excluding hydrogens is 354 g/mol. The second kappa shape index (κ2) is 9.66. The Morgan fingerprint density at radius 2 is 1.70 bits per heavy atom. The fourth-order valence-electron chi connectivity index (χ4n) is 2.61. The number of methoxy groups -OCH3 is 1. The first-order valence-electron chi connectivity index (χ1n) is 8.54. The molecule has 0 saturated carbocycles. The van der Waals surface area contributed by atoms with Crippen LogP contribution in [0.25, 0.3) is 0 Å². The minimum absolute atomic E-state index is 0.0596. The van der Waals surface area contributed by atoms with Crippen molar-refractivity contribution in [1.82, 2.24) is 5.32 Å². The van der Waals surface area contributed by atoms with Gasteiger partial charge in [0.15, 0.2) is 0 Å². The number of hydrogen-bond donors (Lipinski definition) is 1. The zero-order valence-electron chi connectivity index (χ0n) is 15.3. The molecule has 0 fully saturated rings. The van der Waals surface area contributed by atoms with Crippen molar-refractivity contribution in [2.45, 2.75) is 19.8 Å². The van der Waals surface area contributed by atoms with Gasteiger partial charge >= 0.3 is 0 Å². The Morgan fingerprint density at radius 1 is 1.07 bits per heavy atom. The number of ether oxygens (including phenoxy) is 1. The Kier molecular flexibility index (Phi) is 7.28. The van der Waals surface area contributed by atoms with E-state index in [1.54, 1.807) is 7.11 Å². The maximum Gasteiger partial charge on any atom is 0.224 e. The minimum Gasteiger partial charge on any atom is -0.497 e. The van der Waals surface area contributed by atoms with E-state index in [1.807, 2.05) is 24.3 Å². The molecule has 0 aliphatic heterocycles. The molecule has 0 heterocycles. The third kappa shape index (κ3) is 5.77. The summed E-state index contributed by atoms with van der Waals surface area (Å²) in [4.78, 5) is 24.7. The fraction of sp³-hybridized carbons (Fsp3) is 0.300. The third-order valence-corrected chi connectivity index (χ3v) is 4.04. The van der Waals surface area contributed by atoms with Gasteiger partial charge in [0.05, 0.1) is 7.11 Å². The molecular formula is C20H22F2N2O3. The van der Waals surface area contributed by atoms with Crippen LogP contribution < -0.4 is 15.0 Å². The maximum atomic E-state index is 13.9. The number of amides is 2. The van der Waals surface area contributed by atoms with Gasteiger partial charge in [-0.3, -0.25) is 9.59 Å². The normalized spacial score (nSPS) is 10.4. The van der Waals surface area contributed by atoms with Crippen LogP contribution in [0.3, 0.4) is 0 Å². The number of para-hydroxylation sites is 1. The largest absolute Gasteiger partial charge is 0.497 e. The van der Waals surface area contributed by atoms with Crippen molar-refractivity contribution in [3.05, 3.63) is 59.7 Å². The molecule has 2 amide bonds. The first-order valence-corrected chi connectivity index (χ1v) is 8.54. The summed E-state index contributed by atoms with van der Waals surface area (Å²) in [5.74, 6) is -1.76. The van der Waals surface area contributed by atoms with Crippen molar-refractivity contribution < 1.29 is 23.1 Å². The van der Waals surface area contributed by atoms with Gasteiger partial charge in [-0.25, -0.2) is 8.78 Å². The summed E-state index contributed by atoms with van der Waals surface area (Å²) in [6.45, 7) is 1.51. The molecule has 27 heavy (non-hydrogen) atoms. The number of hydrogen-bond acceptors (Lipinski definition) is 3. The highest BCUT2D eigenvalue weighted by molar-refractivity contribution is 5.92. The summed E-state index contributed by atoms with van der Waals surface area (Å²) < 4.78 is 32.9. The number of nitrogens with zero attached hydrogens (tertiary/aromatic N) is 1. The Morgan fingerprint density at radius 3 is 2.26 bits per heavy atom. The van der Waals surface area contributed by atoms with E-state index >= 15 is 0 Å². The van der Waals surface area contributed by atoms with Crippen LogP contribution in [-0.4, -0.2) is 32.0 Å². The summed E-state index contributed by atoms with van der Waals surface area (Å²) >= 11 is 0. The maximum absolute atomic E-state index is 13.9. The van der Waals surface area contributed by atoms with Crippen LogP contribution in [0.4, 0.5) is 14.5 Å². The van der Waals surface area contributed by atoms with Crippen LogP contribution in [0.5, 0.6) is 5.75 Å². The molecule has 0 radical (unpaired) electrons. The quantitative estimate of drug-likeness (QED) is 0.770. The average Bonchev–Trinajstić information content (AvgIpc) is 2.64. The zero-order chi connectivity index (χ0) is 19.8. The van der Waals surface area contributed by atoms with Crippen molar-refractivity contribution in [2.75, 3.05) is 25.1 Å². The van der Waals surface area contributed by atoms with Gasteiger partial charge in [0.1, 0.15) is 23.1 Å². The lowest BCUT2D eigenvalue weighted by Gasteiger charge is -2.22. The van der Waals surface area contributed by atoms with Crippen LogP contribution >= 0.6 is 0 Å². The standard InChI is InChI=1S/C20H22F2N2O3/c1-14(25)24(20-17(21)4-3-5-18(20)22)13-11-19(26)23-12-10-15-6-8-16(27-2)9-7-15/h3-9H,10-13H2,1-2H3,(H,23,26). The van der Waals surface area contributed by atoms with Gasteiger partial charge in [-0.1, -0.05) is 18.2 Å². The SMILES string of the molecule is COc1ccc(CCNC(=O)CCN(C(C)=O)c2c(F)cccc2F)cc1. The van der Waals surface area contributed by atoms with Gasteiger partial charge < -0.3 is 15.0 Å². The molecule has 0 atom stereocenters. The molecule has 0 aliphatic rings. The van der Waals surface area contributed by atoms with Crippen molar-refractivity contribution in [1.29, 1.82) is 0 Å². The molecule has 2 aromatic rings. The highest BCUT2D eigenvalue weighted by Gasteiger charge is 2.20. The molecule has 1 N–H and O–H groups in total. The van der Waals surface area contributed by atoms with Gasteiger partial charge in [0.25, 0.3) is 0 Å². The molecule has 7 heteroatoms. The molecule has 5 nitrogen and oxygen atoms in total. The summed E-state index contributed by atoms with van der Waals surface area (Å²) in [6, 6.07) is 10.9. The first-order chi connectivity index (χ1) is 12.9. The minimum atomic E-state index is -0.842. The van der Waals surface area contributed by atoms with Gasteiger partial charge in [-0.05, 0) is 36.2 Å². The van der Waals surface area contributed by atoms with Crippen LogP contribution in [0.2, 0.25) is 0 Å². The Balaban J connectivity index is 1.86. The second-order valence-corrected chi connectivity index (χ2v) is 5.94. The molecule has 0 unspecified atom stereocenters. The van der Waals surface area contributed by atoms with E-state index in [1.165, 1.54) is 13.0 Å². The zero-order valence-corrected chi connectivity index (χ0v) is 15.3. The molecule has 0 aliphatic carbocycles. The summed E-state index contributed by atoms with van der Waals surface area (Å²) in [5.41, 5.74) is 0.603. The highest BCUT2D eigenvalue weighted by atomic mass is 19.1. The van der Waals surface area contributed by atoms with E-state index in [2.05, 4.69) is 5.32 Å². The first kappa shape index (κ1) is 20.4. The van der Waals surface area contributed by atoms with Crippen LogP contribution in [-0.2, 0) is 16.0 Å². The van der Waals surface area contributed by atoms with Crippen LogP contribution in [0.1, 0.15) is 18.9 Å². The number of benzene rings is 2. The van der Waals surface area contributed by atoms with Crippen molar-refractivity contribution >= 4 is 17.5 Å². The van der Waals surface area contributed by atoms with E-state index < -0.39 is 23.2 Å². The van der Waals surface area contributed by atoms with Gasteiger partial charge in [-0.15, -0.1) is 0 Å². The predicted molar refractivity (Wildman–Crippen MR) is 98.7 cm³/mol. The van der Waals surface area contributed by atoms with Crippen LogP contribution in [0, 0.1) is 11.6 Å².